The molecule has 7 aliphatic rings. The van der Waals surface area contributed by atoms with Crippen molar-refractivity contribution in [1.29, 1.82) is 0 Å². The van der Waals surface area contributed by atoms with Crippen LogP contribution in [0.5, 0.6) is 0 Å². The smallest absolute Gasteiger partial charge is 0.245 e. The van der Waals surface area contributed by atoms with E-state index in [0.717, 1.165) is 57.1 Å². The van der Waals surface area contributed by atoms with Gasteiger partial charge in [-0.3, -0.25) is 0 Å². The monoisotopic (exact) mass is 516 g/mol. The van der Waals surface area contributed by atoms with Crippen molar-refractivity contribution in [1.82, 2.24) is 0 Å². The molecule has 0 bridgehead atoms. The third-order valence-electron chi connectivity index (χ3n) is 12.4. The zero-order valence-corrected chi connectivity index (χ0v) is 22.5. The number of hydrogen-bond donors (Lipinski definition) is 3. The summed E-state index contributed by atoms with van der Waals surface area (Å²) >= 11 is 0. The van der Waals surface area contributed by atoms with Crippen molar-refractivity contribution in [2.45, 2.75) is 121 Å². The van der Waals surface area contributed by atoms with E-state index in [1.165, 1.54) is 5.57 Å². The normalized spacial score (nSPS) is 58.8. The van der Waals surface area contributed by atoms with Crippen molar-refractivity contribution >= 4 is 0 Å². The van der Waals surface area contributed by atoms with Crippen molar-refractivity contribution in [2.75, 3.05) is 6.61 Å². The summed E-state index contributed by atoms with van der Waals surface area (Å²) in [5.74, 6) is 0.125. The summed E-state index contributed by atoms with van der Waals surface area (Å²) in [4.78, 5) is 0. The highest BCUT2D eigenvalue weighted by Crippen LogP contribution is 2.70. The van der Waals surface area contributed by atoms with Gasteiger partial charge in [0.25, 0.3) is 0 Å². The van der Waals surface area contributed by atoms with E-state index >= 15 is 0 Å². The number of fused-ring (bicyclic) bond motifs is 8. The van der Waals surface area contributed by atoms with Crippen LogP contribution in [0.4, 0.5) is 0 Å². The van der Waals surface area contributed by atoms with Gasteiger partial charge in [-0.15, -0.1) is 0 Å². The molecule has 0 amide bonds. The number of allylic oxidation sites excluding steroid dienone is 1. The molecular weight excluding hydrogens is 472 g/mol. The van der Waals surface area contributed by atoms with Crippen LogP contribution in [0, 0.1) is 34.5 Å². The highest BCUT2D eigenvalue weighted by molar-refractivity contribution is 5.31. The standard InChI is InChI=1S/C30H44O7/c1-16-13-18(15-34-16)19-8-12-29(32)21-5-6-22-25-23(9-10-27(22,3)20(21)7-11-28(19,29)4)36-26-30(33,37-25)24(31)14-17(2)35-26/h13,17,19-26,31-33H,1,5-12,14-15H2,2-4H3/t17?,19?,20?,21?,22-,23?,24+,25?,26?,27?,28?,29?,30-/m0/s1. The zero-order chi connectivity index (χ0) is 26.0. The molecule has 0 radical (unpaired) electrons. The summed E-state index contributed by atoms with van der Waals surface area (Å²) in [7, 11) is 0. The maximum atomic E-state index is 12.5. The Bertz CT molecular complexity index is 1010. The highest BCUT2D eigenvalue weighted by atomic mass is 16.8. The fraction of sp³-hybridized carbons (Fsp3) is 0.867. The molecule has 0 aromatic heterocycles. The maximum absolute atomic E-state index is 12.5. The second-order valence-corrected chi connectivity index (χ2v) is 13.9. The van der Waals surface area contributed by atoms with Crippen molar-refractivity contribution in [3.8, 4) is 0 Å². The first kappa shape index (κ1) is 25.0. The van der Waals surface area contributed by atoms with Gasteiger partial charge in [0.1, 0.15) is 18.5 Å². The Morgan fingerprint density at radius 3 is 2.49 bits per heavy atom. The van der Waals surface area contributed by atoms with Gasteiger partial charge in [0, 0.05) is 11.8 Å². The van der Waals surface area contributed by atoms with Gasteiger partial charge in [-0.2, -0.15) is 0 Å². The third-order valence-corrected chi connectivity index (χ3v) is 12.4. The highest BCUT2D eigenvalue weighted by Gasteiger charge is 2.70. The van der Waals surface area contributed by atoms with Crippen LogP contribution >= 0.6 is 0 Å². The minimum atomic E-state index is -1.83. The molecule has 3 N–H and O–H groups in total. The molecule has 3 aliphatic heterocycles. The van der Waals surface area contributed by atoms with E-state index in [1.54, 1.807) is 0 Å². The van der Waals surface area contributed by atoms with E-state index in [2.05, 4.69) is 26.5 Å². The summed E-state index contributed by atoms with van der Waals surface area (Å²) in [6, 6.07) is 0. The number of ether oxygens (including phenoxy) is 4. The summed E-state index contributed by atoms with van der Waals surface area (Å²) < 4.78 is 24.3. The first-order valence-corrected chi connectivity index (χ1v) is 14.6. The topological polar surface area (TPSA) is 97.6 Å². The lowest BCUT2D eigenvalue weighted by atomic mass is 9.42. The second kappa shape index (κ2) is 8.05. The van der Waals surface area contributed by atoms with E-state index in [9.17, 15) is 15.3 Å². The van der Waals surface area contributed by atoms with Crippen LogP contribution in [0.15, 0.2) is 24.0 Å². The number of hydrogen-bond acceptors (Lipinski definition) is 7. The van der Waals surface area contributed by atoms with Crippen LogP contribution in [-0.4, -0.2) is 64.0 Å². The molecule has 0 aromatic carbocycles. The molecule has 2 saturated heterocycles. The summed E-state index contributed by atoms with van der Waals surface area (Å²) in [6.07, 6.45) is 7.50. The summed E-state index contributed by atoms with van der Waals surface area (Å²) in [5, 5.41) is 34.7. The minimum absolute atomic E-state index is 0.0103. The Morgan fingerprint density at radius 2 is 1.73 bits per heavy atom. The van der Waals surface area contributed by atoms with E-state index < -0.39 is 23.8 Å². The first-order valence-electron chi connectivity index (χ1n) is 14.6. The molecule has 3 heterocycles. The van der Waals surface area contributed by atoms with Gasteiger partial charge in [0.05, 0.1) is 23.9 Å². The van der Waals surface area contributed by atoms with Gasteiger partial charge >= 0.3 is 0 Å². The molecule has 37 heavy (non-hydrogen) atoms. The maximum Gasteiger partial charge on any atom is 0.245 e. The van der Waals surface area contributed by atoms with Crippen LogP contribution in [0.3, 0.4) is 0 Å². The lowest BCUT2D eigenvalue weighted by molar-refractivity contribution is -0.463. The van der Waals surface area contributed by atoms with E-state index in [4.69, 9.17) is 18.9 Å². The quantitative estimate of drug-likeness (QED) is 0.456. The van der Waals surface area contributed by atoms with Crippen LogP contribution in [0.25, 0.3) is 0 Å². The van der Waals surface area contributed by atoms with Gasteiger partial charge in [0.2, 0.25) is 12.1 Å². The van der Waals surface area contributed by atoms with Crippen molar-refractivity contribution in [3.63, 3.8) is 0 Å². The van der Waals surface area contributed by atoms with E-state index in [1.807, 2.05) is 6.92 Å². The van der Waals surface area contributed by atoms with Gasteiger partial charge in [0.15, 0.2) is 0 Å². The Kier molecular flexibility index (Phi) is 5.44. The SMILES string of the molecule is C=C1C=C(C2CCC3(O)C4CC[C@H]5C6O[C@]7(O)C(OC(C)C[C@H]7O)OC6CCC5(C)C4CCC23C)CO1. The van der Waals surface area contributed by atoms with Crippen LogP contribution < -0.4 is 0 Å². The predicted octanol–water partition coefficient (Wildman–Crippen LogP) is 3.81. The molecule has 10 unspecified atom stereocenters. The van der Waals surface area contributed by atoms with Crippen LogP contribution in [0.1, 0.15) is 78.6 Å². The zero-order valence-electron chi connectivity index (χ0n) is 22.5. The van der Waals surface area contributed by atoms with Crippen molar-refractivity contribution in [2.24, 2.45) is 34.5 Å². The van der Waals surface area contributed by atoms with Gasteiger partial charge in [-0.25, -0.2) is 0 Å². The van der Waals surface area contributed by atoms with E-state index in [0.29, 0.717) is 24.9 Å². The Morgan fingerprint density at radius 1 is 0.946 bits per heavy atom. The molecule has 4 saturated carbocycles. The molecule has 6 fully saturated rings. The number of aliphatic hydroxyl groups is 3. The summed E-state index contributed by atoms with van der Waals surface area (Å²) in [6.45, 7) is 11.2. The molecule has 7 rings (SSSR count). The fourth-order valence-corrected chi connectivity index (χ4v) is 10.4. The number of rotatable bonds is 1. The lowest BCUT2D eigenvalue weighted by Gasteiger charge is -2.66. The van der Waals surface area contributed by atoms with E-state index in [-0.39, 0.29) is 41.0 Å². The van der Waals surface area contributed by atoms with Crippen molar-refractivity contribution < 1.29 is 34.3 Å². The Hall–Kier alpha value is -0.960. The largest absolute Gasteiger partial charge is 0.490 e. The molecule has 7 heteroatoms. The Balaban J connectivity index is 1.16. The average molecular weight is 517 g/mol. The minimum Gasteiger partial charge on any atom is -0.490 e. The van der Waals surface area contributed by atoms with Crippen molar-refractivity contribution in [3.05, 3.63) is 24.0 Å². The van der Waals surface area contributed by atoms with Gasteiger partial charge < -0.3 is 34.3 Å². The third kappa shape index (κ3) is 3.22. The van der Waals surface area contributed by atoms with Gasteiger partial charge in [-0.1, -0.05) is 20.4 Å². The fourth-order valence-electron chi connectivity index (χ4n) is 10.4. The van der Waals surface area contributed by atoms with Gasteiger partial charge in [-0.05, 0) is 99.0 Å². The molecule has 206 valence electrons. The molecule has 7 nitrogen and oxygen atoms in total. The molecule has 4 aliphatic carbocycles. The van der Waals surface area contributed by atoms with Crippen LogP contribution in [-0.2, 0) is 18.9 Å². The predicted molar refractivity (Wildman–Crippen MR) is 135 cm³/mol. The molecular formula is C30H44O7. The average Bonchev–Trinajstić information content (AvgIpc) is 3.38. The second-order valence-electron chi connectivity index (χ2n) is 13.9. The number of aliphatic hydroxyl groups excluding tert-OH is 1. The molecule has 0 aromatic rings. The molecule has 0 spiro atoms. The summed E-state index contributed by atoms with van der Waals surface area (Å²) in [5.41, 5.74) is 0.457. The Labute approximate surface area is 220 Å². The molecule has 13 atom stereocenters. The first-order chi connectivity index (χ1) is 17.5. The van der Waals surface area contributed by atoms with Crippen LogP contribution in [0.2, 0.25) is 0 Å². The lowest BCUT2D eigenvalue weighted by Crippen LogP contribution is -2.72.